The van der Waals surface area contributed by atoms with E-state index in [1.54, 1.807) is 7.11 Å². The van der Waals surface area contributed by atoms with Crippen LogP contribution in [0.15, 0.2) is 41.2 Å². The van der Waals surface area contributed by atoms with Gasteiger partial charge in [-0.05, 0) is 43.7 Å². The number of amides is 1. The van der Waals surface area contributed by atoms with E-state index in [1.165, 1.54) is 16.8 Å². The summed E-state index contributed by atoms with van der Waals surface area (Å²) in [6, 6.07) is 11.0. The molecule has 1 aromatic carbocycles. The van der Waals surface area contributed by atoms with Crippen LogP contribution in [-0.4, -0.2) is 73.8 Å². The normalized spacial score (nSPS) is 14.5. The van der Waals surface area contributed by atoms with Gasteiger partial charge in [-0.3, -0.25) is 14.5 Å². The summed E-state index contributed by atoms with van der Waals surface area (Å²) in [5.41, 5.74) is 0.830. The SMILES string of the molecule is COCCn1nc(C(=O)NCc2cccc(OCCN(C)C3CCOCC3)c2)ccc1=O. The lowest BCUT2D eigenvalue weighted by atomic mass is 10.1. The zero-order valence-corrected chi connectivity index (χ0v) is 18.8. The zero-order chi connectivity index (χ0) is 22.8. The number of methoxy groups -OCH3 is 1. The van der Waals surface area contributed by atoms with Crippen molar-refractivity contribution < 1.29 is 19.0 Å². The van der Waals surface area contributed by atoms with Crippen molar-refractivity contribution in [3.63, 3.8) is 0 Å². The highest BCUT2D eigenvalue weighted by atomic mass is 16.5. The van der Waals surface area contributed by atoms with E-state index in [9.17, 15) is 9.59 Å². The third-order valence-electron chi connectivity index (χ3n) is 5.48. The van der Waals surface area contributed by atoms with Crippen molar-refractivity contribution in [3.05, 3.63) is 58.0 Å². The maximum Gasteiger partial charge on any atom is 0.271 e. The molecule has 3 rings (SSSR count). The topological polar surface area (TPSA) is 94.9 Å². The Bertz CT molecular complexity index is 927. The van der Waals surface area contributed by atoms with Crippen LogP contribution in [0.5, 0.6) is 5.75 Å². The Balaban J connectivity index is 1.48. The summed E-state index contributed by atoms with van der Waals surface area (Å²) in [7, 11) is 3.67. The molecule has 0 bridgehead atoms. The van der Waals surface area contributed by atoms with Crippen molar-refractivity contribution in [2.45, 2.75) is 32.0 Å². The van der Waals surface area contributed by atoms with Crippen LogP contribution in [0.25, 0.3) is 0 Å². The number of likely N-dealkylation sites (N-methyl/N-ethyl adjacent to an activating group) is 1. The van der Waals surface area contributed by atoms with Crippen molar-refractivity contribution in [1.82, 2.24) is 20.0 Å². The number of benzene rings is 1. The van der Waals surface area contributed by atoms with E-state index in [-0.39, 0.29) is 17.2 Å². The first kappa shape index (κ1) is 23.9. The molecular weight excluding hydrogens is 412 g/mol. The largest absolute Gasteiger partial charge is 0.492 e. The fourth-order valence-corrected chi connectivity index (χ4v) is 3.54. The van der Waals surface area contributed by atoms with Crippen LogP contribution in [0.2, 0.25) is 0 Å². The molecule has 0 unspecified atom stereocenters. The standard InChI is InChI=1S/C23H32N4O5/c1-26(19-8-12-31-13-9-19)10-15-32-20-5-3-4-18(16-20)17-24-23(29)21-6-7-22(28)27(25-21)11-14-30-2/h3-7,16,19H,8-15,17H2,1-2H3,(H,24,29). The summed E-state index contributed by atoms with van der Waals surface area (Å²) in [5, 5.41) is 6.95. The molecule has 1 N–H and O–H groups in total. The van der Waals surface area contributed by atoms with Gasteiger partial charge in [-0.1, -0.05) is 12.1 Å². The first-order chi connectivity index (χ1) is 15.6. The molecule has 1 amide bonds. The molecule has 2 heterocycles. The first-order valence-corrected chi connectivity index (χ1v) is 10.9. The van der Waals surface area contributed by atoms with Crippen LogP contribution in [0.4, 0.5) is 0 Å². The molecule has 1 fully saturated rings. The van der Waals surface area contributed by atoms with Crippen molar-refractivity contribution in [2.75, 3.05) is 47.1 Å². The Kier molecular flexibility index (Phi) is 9.21. The Morgan fingerprint density at radius 3 is 2.84 bits per heavy atom. The number of aromatic nitrogens is 2. The van der Waals surface area contributed by atoms with Crippen molar-refractivity contribution in [3.8, 4) is 5.75 Å². The predicted octanol–water partition coefficient (Wildman–Crippen LogP) is 1.31. The minimum atomic E-state index is -0.347. The lowest BCUT2D eigenvalue weighted by Gasteiger charge is -2.31. The fourth-order valence-electron chi connectivity index (χ4n) is 3.54. The molecule has 174 valence electrons. The predicted molar refractivity (Wildman–Crippen MR) is 120 cm³/mol. The van der Waals surface area contributed by atoms with Crippen LogP contribution in [0.1, 0.15) is 28.9 Å². The number of carbonyl (C=O) groups excluding carboxylic acids is 1. The molecule has 32 heavy (non-hydrogen) atoms. The summed E-state index contributed by atoms with van der Waals surface area (Å²) in [6.45, 7) is 4.05. The molecule has 1 saturated heterocycles. The smallest absolute Gasteiger partial charge is 0.271 e. The van der Waals surface area contributed by atoms with E-state index in [1.807, 2.05) is 24.3 Å². The quantitative estimate of drug-likeness (QED) is 0.558. The van der Waals surface area contributed by atoms with Gasteiger partial charge in [0.05, 0.1) is 13.2 Å². The van der Waals surface area contributed by atoms with E-state index in [0.717, 1.165) is 43.9 Å². The van der Waals surface area contributed by atoms with E-state index in [0.29, 0.717) is 32.3 Å². The Hall–Kier alpha value is -2.75. The van der Waals surface area contributed by atoms with Crippen molar-refractivity contribution >= 4 is 5.91 Å². The highest BCUT2D eigenvalue weighted by molar-refractivity contribution is 5.91. The molecule has 1 aliphatic heterocycles. The summed E-state index contributed by atoms with van der Waals surface area (Å²) in [6.07, 6.45) is 2.12. The zero-order valence-electron chi connectivity index (χ0n) is 18.8. The van der Waals surface area contributed by atoms with Crippen LogP contribution < -0.4 is 15.6 Å². The van der Waals surface area contributed by atoms with Gasteiger partial charge in [-0.25, -0.2) is 4.68 Å². The van der Waals surface area contributed by atoms with Gasteiger partial charge in [0.1, 0.15) is 18.1 Å². The summed E-state index contributed by atoms with van der Waals surface area (Å²) in [4.78, 5) is 26.6. The van der Waals surface area contributed by atoms with E-state index < -0.39 is 0 Å². The number of hydrogen-bond acceptors (Lipinski definition) is 7. The third kappa shape index (κ3) is 7.15. The van der Waals surface area contributed by atoms with Crippen LogP contribution in [0.3, 0.4) is 0 Å². The molecule has 0 radical (unpaired) electrons. The lowest BCUT2D eigenvalue weighted by Crippen LogP contribution is -2.38. The van der Waals surface area contributed by atoms with Gasteiger partial charge in [0, 0.05) is 45.5 Å². The minimum absolute atomic E-state index is 0.184. The van der Waals surface area contributed by atoms with Crippen molar-refractivity contribution in [1.29, 1.82) is 0 Å². The highest BCUT2D eigenvalue weighted by Crippen LogP contribution is 2.15. The molecular formula is C23H32N4O5. The molecule has 1 aliphatic rings. The monoisotopic (exact) mass is 444 g/mol. The molecule has 0 saturated carbocycles. The van der Waals surface area contributed by atoms with E-state index in [4.69, 9.17) is 14.2 Å². The number of carbonyl (C=O) groups is 1. The molecule has 9 nitrogen and oxygen atoms in total. The number of rotatable bonds is 11. The van der Waals surface area contributed by atoms with Gasteiger partial charge in [-0.15, -0.1) is 0 Å². The van der Waals surface area contributed by atoms with E-state index in [2.05, 4.69) is 22.4 Å². The first-order valence-electron chi connectivity index (χ1n) is 10.9. The van der Waals surface area contributed by atoms with Gasteiger partial charge >= 0.3 is 0 Å². The number of hydrogen-bond donors (Lipinski definition) is 1. The van der Waals surface area contributed by atoms with Gasteiger partial charge < -0.3 is 19.5 Å². The lowest BCUT2D eigenvalue weighted by molar-refractivity contribution is 0.0392. The average Bonchev–Trinajstić information content (AvgIpc) is 2.82. The summed E-state index contributed by atoms with van der Waals surface area (Å²) in [5.74, 6) is 0.420. The molecule has 2 aromatic rings. The van der Waals surface area contributed by atoms with E-state index >= 15 is 0 Å². The van der Waals surface area contributed by atoms with Crippen LogP contribution >= 0.6 is 0 Å². The Morgan fingerprint density at radius 2 is 2.06 bits per heavy atom. The molecule has 1 aromatic heterocycles. The second-order valence-corrected chi connectivity index (χ2v) is 7.78. The van der Waals surface area contributed by atoms with Crippen molar-refractivity contribution in [2.24, 2.45) is 0 Å². The second kappa shape index (κ2) is 12.3. The average molecular weight is 445 g/mol. The van der Waals surface area contributed by atoms with Gasteiger partial charge in [0.25, 0.3) is 11.5 Å². The summed E-state index contributed by atoms with van der Waals surface area (Å²) < 4.78 is 17.5. The highest BCUT2D eigenvalue weighted by Gasteiger charge is 2.18. The maximum atomic E-state index is 12.5. The minimum Gasteiger partial charge on any atom is -0.492 e. The second-order valence-electron chi connectivity index (χ2n) is 7.78. The molecule has 9 heteroatoms. The number of nitrogens with zero attached hydrogens (tertiary/aromatic N) is 3. The van der Waals surface area contributed by atoms with Gasteiger partial charge in [-0.2, -0.15) is 5.10 Å². The Morgan fingerprint density at radius 1 is 1.25 bits per heavy atom. The van der Waals surface area contributed by atoms with Gasteiger partial charge in [0.2, 0.25) is 0 Å². The maximum absolute atomic E-state index is 12.5. The van der Waals surface area contributed by atoms with Gasteiger partial charge in [0.15, 0.2) is 0 Å². The van der Waals surface area contributed by atoms with Crippen LogP contribution in [0, 0.1) is 0 Å². The molecule has 0 aliphatic carbocycles. The van der Waals surface area contributed by atoms with Crippen LogP contribution in [-0.2, 0) is 22.6 Å². The molecule has 0 spiro atoms. The fraction of sp³-hybridized carbons (Fsp3) is 0.522. The third-order valence-corrected chi connectivity index (χ3v) is 5.48. The molecule has 0 atom stereocenters. The number of nitrogens with one attached hydrogen (secondary N) is 1. The number of ether oxygens (including phenoxy) is 3. The summed E-state index contributed by atoms with van der Waals surface area (Å²) >= 11 is 0. The Labute approximate surface area is 188 Å².